The Morgan fingerprint density at radius 2 is 1.70 bits per heavy atom. The summed E-state index contributed by atoms with van der Waals surface area (Å²) in [5.41, 5.74) is 2.17. The van der Waals surface area contributed by atoms with E-state index in [1.54, 1.807) is 58.8 Å². The molecular weight excluding hydrogens is 400 g/mol. The number of carbonyl (C=O) groups excluding carboxylic acids is 3. The zero-order valence-electron chi connectivity index (χ0n) is 16.1. The Morgan fingerprint density at radius 3 is 2.40 bits per heavy atom. The first kappa shape index (κ1) is 19.8. The molecule has 8 heteroatoms. The lowest BCUT2D eigenvalue weighted by Gasteiger charge is -2.12. The van der Waals surface area contributed by atoms with Gasteiger partial charge in [0, 0.05) is 23.9 Å². The van der Waals surface area contributed by atoms with Gasteiger partial charge in [0.1, 0.15) is 0 Å². The van der Waals surface area contributed by atoms with E-state index in [1.165, 1.54) is 11.3 Å². The summed E-state index contributed by atoms with van der Waals surface area (Å²) in [7, 11) is 0. The summed E-state index contributed by atoms with van der Waals surface area (Å²) >= 11 is 1.37. The maximum Gasteiger partial charge on any atom is 0.255 e. The number of hydrogen-bond acceptors (Lipinski definition) is 5. The minimum Gasteiger partial charge on any atom is -0.324 e. The highest BCUT2D eigenvalue weighted by molar-refractivity contribution is 7.14. The third-order valence-electron chi connectivity index (χ3n) is 4.67. The van der Waals surface area contributed by atoms with E-state index in [4.69, 9.17) is 0 Å². The van der Waals surface area contributed by atoms with Crippen molar-refractivity contribution in [3.05, 3.63) is 71.2 Å². The second-order valence-electron chi connectivity index (χ2n) is 6.86. The molecule has 3 amide bonds. The topological polar surface area (TPSA) is 91.4 Å². The van der Waals surface area contributed by atoms with E-state index in [-0.39, 0.29) is 24.1 Å². The van der Waals surface area contributed by atoms with Gasteiger partial charge in [0.05, 0.1) is 23.5 Å². The van der Waals surface area contributed by atoms with Gasteiger partial charge in [-0.05, 0) is 30.7 Å². The van der Waals surface area contributed by atoms with Gasteiger partial charge < -0.3 is 10.6 Å². The number of thiazole rings is 1. The van der Waals surface area contributed by atoms with Gasteiger partial charge in [-0.2, -0.15) is 0 Å². The van der Waals surface area contributed by atoms with Gasteiger partial charge in [-0.25, -0.2) is 4.98 Å². The zero-order chi connectivity index (χ0) is 20.9. The van der Waals surface area contributed by atoms with Crippen LogP contribution < -0.4 is 15.5 Å². The average Bonchev–Trinajstić information content (AvgIpc) is 3.38. The highest BCUT2D eigenvalue weighted by Gasteiger charge is 2.24. The van der Waals surface area contributed by atoms with Crippen LogP contribution in [0, 0.1) is 0 Å². The predicted octanol–water partition coefficient (Wildman–Crippen LogP) is 3.70. The highest BCUT2D eigenvalue weighted by Crippen LogP contribution is 2.26. The number of aromatic nitrogens is 1. The SMILES string of the molecule is O=C(Cc1csc(N2CCCC2=O)n1)Nc1ccccc1NC(=O)c1ccccc1. The highest BCUT2D eigenvalue weighted by atomic mass is 32.1. The van der Waals surface area contributed by atoms with Crippen LogP contribution in [0.3, 0.4) is 0 Å². The number of rotatable bonds is 6. The number of nitrogens with one attached hydrogen (secondary N) is 2. The van der Waals surface area contributed by atoms with Crippen LogP contribution in [-0.2, 0) is 16.0 Å². The van der Waals surface area contributed by atoms with E-state index < -0.39 is 0 Å². The fourth-order valence-electron chi connectivity index (χ4n) is 3.20. The number of amides is 3. The van der Waals surface area contributed by atoms with E-state index in [0.717, 1.165) is 6.42 Å². The molecule has 0 aliphatic carbocycles. The summed E-state index contributed by atoms with van der Waals surface area (Å²) in [5, 5.41) is 8.09. The van der Waals surface area contributed by atoms with Crippen LogP contribution in [0.15, 0.2) is 60.0 Å². The number of para-hydroxylation sites is 2. The van der Waals surface area contributed by atoms with Gasteiger partial charge in [0.15, 0.2) is 5.13 Å². The molecule has 1 fully saturated rings. The smallest absolute Gasteiger partial charge is 0.255 e. The Morgan fingerprint density at radius 1 is 1.00 bits per heavy atom. The van der Waals surface area contributed by atoms with E-state index in [9.17, 15) is 14.4 Å². The largest absolute Gasteiger partial charge is 0.324 e. The van der Waals surface area contributed by atoms with Crippen molar-refractivity contribution < 1.29 is 14.4 Å². The lowest BCUT2D eigenvalue weighted by Crippen LogP contribution is -2.23. The van der Waals surface area contributed by atoms with Crippen LogP contribution in [0.25, 0.3) is 0 Å². The molecule has 1 saturated heterocycles. The summed E-state index contributed by atoms with van der Waals surface area (Å²) in [4.78, 5) is 42.9. The van der Waals surface area contributed by atoms with Crippen molar-refractivity contribution in [3.63, 3.8) is 0 Å². The molecule has 2 heterocycles. The van der Waals surface area contributed by atoms with Gasteiger partial charge in [-0.1, -0.05) is 30.3 Å². The molecule has 30 heavy (non-hydrogen) atoms. The second kappa shape index (κ2) is 8.87. The first-order valence-corrected chi connectivity index (χ1v) is 10.5. The number of hydrogen-bond donors (Lipinski definition) is 2. The molecular formula is C22H20N4O3S. The molecule has 0 bridgehead atoms. The molecule has 0 saturated carbocycles. The minimum absolute atomic E-state index is 0.0726. The number of carbonyl (C=O) groups is 3. The molecule has 1 aliphatic rings. The monoisotopic (exact) mass is 420 g/mol. The van der Waals surface area contributed by atoms with Crippen LogP contribution in [0.1, 0.15) is 28.9 Å². The predicted molar refractivity (Wildman–Crippen MR) is 117 cm³/mol. The first-order chi connectivity index (χ1) is 14.6. The maximum atomic E-state index is 12.5. The molecule has 152 valence electrons. The standard InChI is InChI=1S/C22H20N4O3S/c27-19(13-16-14-30-22(23-16)26-12-6-11-20(26)28)24-17-9-4-5-10-18(17)25-21(29)15-7-2-1-3-8-15/h1-5,7-10,14H,6,11-13H2,(H,24,27)(H,25,29). The molecule has 4 rings (SSSR count). The normalized spacial score (nSPS) is 13.3. The van der Waals surface area contributed by atoms with Crippen molar-refractivity contribution in [1.29, 1.82) is 0 Å². The van der Waals surface area contributed by atoms with Crippen molar-refractivity contribution >= 4 is 45.6 Å². The average molecular weight is 420 g/mol. The Hall–Kier alpha value is -3.52. The summed E-state index contributed by atoms with van der Waals surface area (Å²) in [6.45, 7) is 0.673. The quantitative estimate of drug-likeness (QED) is 0.636. The maximum absolute atomic E-state index is 12.5. The van der Waals surface area contributed by atoms with Crippen molar-refractivity contribution in [2.24, 2.45) is 0 Å². The fourth-order valence-corrected chi connectivity index (χ4v) is 4.06. The van der Waals surface area contributed by atoms with Gasteiger partial charge in [-0.3, -0.25) is 19.3 Å². The van der Waals surface area contributed by atoms with Crippen molar-refractivity contribution in [1.82, 2.24) is 4.98 Å². The molecule has 0 atom stereocenters. The number of nitrogens with zero attached hydrogens (tertiary/aromatic N) is 2. The van der Waals surface area contributed by atoms with Gasteiger partial charge in [0.2, 0.25) is 11.8 Å². The Balaban J connectivity index is 1.41. The third-order valence-corrected chi connectivity index (χ3v) is 5.58. The van der Waals surface area contributed by atoms with E-state index in [2.05, 4.69) is 15.6 Å². The molecule has 1 aliphatic heterocycles. The van der Waals surface area contributed by atoms with Crippen LogP contribution in [0.4, 0.5) is 16.5 Å². The Labute approximate surface area is 177 Å². The molecule has 3 aromatic rings. The summed E-state index contributed by atoms with van der Waals surface area (Å²) in [6, 6.07) is 15.9. The van der Waals surface area contributed by atoms with E-state index in [0.29, 0.717) is 40.7 Å². The van der Waals surface area contributed by atoms with Crippen molar-refractivity contribution in [2.75, 3.05) is 22.1 Å². The minimum atomic E-state index is -0.253. The molecule has 0 radical (unpaired) electrons. The van der Waals surface area contributed by atoms with Crippen LogP contribution in [-0.4, -0.2) is 29.3 Å². The number of benzene rings is 2. The Kier molecular flexibility index (Phi) is 5.85. The van der Waals surface area contributed by atoms with E-state index >= 15 is 0 Å². The van der Waals surface area contributed by atoms with Crippen molar-refractivity contribution in [2.45, 2.75) is 19.3 Å². The summed E-state index contributed by atoms with van der Waals surface area (Å²) < 4.78 is 0. The van der Waals surface area contributed by atoms with Crippen LogP contribution in [0.2, 0.25) is 0 Å². The third kappa shape index (κ3) is 4.55. The lowest BCUT2D eigenvalue weighted by atomic mass is 10.2. The zero-order valence-corrected chi connectivity index (χ0v) is 16.9. The molecule has 2 aromatic carbocycles. The van der Waals surface area contributed by atoms with E-state index in [1.807, 2.05) is 6.07 Å². The van der Waals surface area contributed by atoms with Crippen molar-refractivity contribution in [3.8, 4) is 0 Å². The van der Waals surface area contributed by atoms with Gasteiger partial charge >= 0.3 is 0 Å². The number of anilines is 3. The lowest BCUT2D eigenvalue weighted by molar-refractivity contribution is -0.117. The van der Waals surface area contributed by atoms with Crippen LogP contribution >= 0.6 is 11.3 Å². The van der Waals surface area contributed by atoms with Crippen LogP contribution in [0.5, 0.6) is 0 Å². The first-order valence-electron chi connectivity index (χ1n) is 9.60. The molecule has 2 N–H and O–H groups in total. The fraction of sp³-hybridized carbons (Fsp3) is 0.182. The molecule has 7 nitrogen and oxygen atoms in total. The molecule has 1 aromatic heterocycles. The van der Waals surface area contributed by atoms with Gasteiger partial charge in [0.25, 0.3) is 5.91 Å². The summed E-state index contributed by atoms with van der Waals surface area (Å²) in [6.07, 6.45) is 1.46. The second-order valence-corrected chi connectivity index (χ2v) is 7.70. The van der Waals surface area contributed by atoms with Gasteiger partial charge in [-0.15, -0.1) is 11.3 Å². The molecule has 0 unspecified atom stereocenters. The molecule has 0 spiro atoms. The Bertz CT molecular complexity index is 1080. The summed E-state index contributed by atoms with van der Waals surface area (Å²) in [5.74, 6) is -0.429.